The van der Waals surface area contributed by atoms with Crippen LogP contribution in [0.25, 0.3) is 0 Å². The largest absolute Gasteiger partial charge is 0.385 e. The first-order valence-corrected chi connectivity index (χ1v) is 13.9. The number of piperidine rings is 1. The molecule has 0 aromatic heterocycles. The smallest absolute Gasteiger partial charge is 0.222 e. The molecule has 0 bridgehead atoms. The summed E-state index contributed by atoms with van der Waals surface area (Å²) in [6, 6.07) is 4.86. The van der Waals surface area contributed by atoms with Gasteiger partial charge in [-0.2, -0.15) is 0 Å². The van der Waals surface area contributed by atoms with Crippen LogP contribution in [-0.4, -0.2) is 48.8 Å². The Kier molecular flexibility index (Phi) is 11.3. The van der Waals surface area contributed by atoms with Gasteiger partial charge in [0.25, 0.3) is 0 Å². The number of benzene rings is 1. The molecule has 1 aromatic rings. The van der Waals surface area contributed by atoms with Gasteiger partial charge < -0.3 is 20.5 Å². The summed E-state index contributed by atoms with van der Waals surface area (Å²) in [6.45, 7) is 1.68. The van der Waals surface area contributed by atoms with Crippen LogP contribution in [0, 0.1) is 17.7 Å². The third-order valence-electron chi connectivity index (χ3n) is 8.11. The third-order valence-corrected chi connectivity index (χ3v) is 8.41. The number of hydrogen-bond donors (Lipinski definition) is 2. The lowest BCUT2D eigenvalue weighted by Gasteiger charge is -2.43. The van der Waals surface area contributed by atoms with Gasteiger partial charge in [0.15, 0.2) is 0 Å². The highest BCUT2D eigenvalue weighted by atomic mass is 35.5. The zero-order chi connectivity index (χ0) is 25.3. The number of ether oxygens (including phenoxy) is 1. The molecule has 1 amide bonds. The molecule has 1 aliphatic heterocycles. The van der Waals surface area contributed by atoms with E-state index >= 15 is 4.39 Å². The highest BCUT2D eigenvalue weighted by Crippen LogP contribution is 2.42. The van der Waals surface area contributed by atoms with Gasteiger partial charge in [0.05, 0.1) is 10.6 Å². The first-order valence-electron chi connectivity index (χ1n) is 13.5. The second-order valence-electron chi connectivity index (χ2n) is 10.7. The topological polar surface area (TPSA) is 75.8 Å². The van der Waals surface area contributed by atoms with Gasteiger partial charge in [0.2, 0.25) is 5.91 Å². The molecular formula is C28H44ClFN2O3. The summed E-state index contributed by atoms with van der Waals surface area (Å²) in [6.07, 6.45) is 12.0. The standard InChI is InChI=1S/C28H44ClFN2O3/c1-35-18-6-5-16-28(34,24-12-7-13-25(29)27(24)30)22-11-8-17-32(20-22)26(33)15-14-23(31)19-21-9-3-2-4-10-21/h7,12-13,21-23,34H,2-6,8-11,14-20,31H2,1H3/t22-,23-,28+/m1/s1. The van der Waals surface area contributed by atoms with Crippen molar-refractivity contribution < 1.29 is 19.0 Å². The van der Waals surface area contributed by atoms with Crippen molar-refractivity contribution in [1.82, 2.24) is 4.90 Å². The van der Waals surface area contributed by atoms with Crippen LogP contribution in [0.2, 0.25) is 5.02 Å². The molecule has 198 valence electrons. The maximum absolute atomic E-state index is 15.1. The quantitative estimate of drug-likeness (QED) is 0.348. The lowest BCUT2D eigenvalue weighted by molar-refractivity contribution is -0.137. The highest BCUT2D eigenvalue weighted by Gasteiger charge is 2.43. The summed E-state index contributed by atoms with van der Waals surface area (Å²) in [5.74, 6) is -0.0387. The minimum absolute atomic E-state index is 0.00788. The van der Waals surface area contributed by atoms with Crippen LogP contribution >= 0.6 is 11.6 Å². The van der Waals surface area contributed by atoms with Gasteiger partial charge in [0, 0.05) is 50.8 Å². The number of hydrogen-bond acceptors (Lipinski definition) is 4. The molecule has 5 nitrogen and oxygen atoms in total. The molecule has 3 N–H and O–H groups in total. The van der Waals surface area contributed by atoms with Crippen LogP contribution in [0.5, 0.6) is 0 Å². The van der Waals surface area contributed by atoms with Crippen molar-refractivity contribution in [3.63, 3.8) is 0 Å². The number of likely N-dealkylation sites (tertiary alicyclic amines) is 1. The second-order valence-corrected chi connectivity index (χ2v) is 11.1. The summed E-state index contributed by atoms with van der Waals surface area (Å²) in [5, 5.41) is 11.9. The van der Waals surface area contributed by atoms with Crippen LogP contribution in [-0.2, 0) is 15.1 Å². The molecule has 1 heterocycles. The summed E-state index contributed by atoms with van der Waals surface area (Å²) in [5.41, 5.74) is 5.23. The number of carbonyl (C=O) groups is 1. The molecule has 1 aromatic carbocycles. The minimum atomic E-state index is -1.39. The van der Waals surface area contributed by atoms with E-state index in [1.807, 2.05) is 4.90 Å². The monoisotopic (exact) mass is 510 g/mol. The summed E-state index contributed by atoms with van der Waals surface area (Å²) < 4.78 is 20.2. The normalized spacial score (nSPS) is 22.1. The molecule has 3 rings (SSSR count). The highest BCUT2D eigenvalue weighted by molar-refractivity contribution is 6.30. The van der Waals surface area contributed by atoms with E-state index in [-0.39, 0.29) is 28.5 Å². The average molecular weight is 511 g/mol. The predicted molar refractivity (Wildman–Crippen MR) is 139 cm³/mol. The molecule has 2 fully saturated rings. The van der Waals surface area contributed by atoms with Gasteiger partial charge in [0.1, 0.15) is 5.82 Å². The molecule has 0 radical (unpaired) electrons. The number of rotatable bonds is 12. The molecule has 1 saturated carbocycles. The Morgan fingerprint density at radius 1 is 1.26 bits per heavy atom. The number of nitrogens with zero attached hydrogens (tertiary/aromatic N) is 1. The molecular weight excluding hydrogens is 467 g/mol. The number of amides is 1. The van der Waals surface area contributed by atoms with Gasteiger partial charge in [-0.25, -0.2) is 4.39 Å². The maximum Gasteiger partial charge on any atom is 0.222 e. The van der Waals surface area contributed by atoms with Crippen LogP contribution in [0.4, 0.5) is 4.39 Å². The number of nitrogens with two attached hydrogens (primary N) is 1. The lowest BCUT2D eigenvalue weighted by atomic mass is 9.74. The Morgan fingerprint density at radius 3 is 2.77 bits per heavy atom. The lowest BCUT2D eigenvalue weighted by Crippen LogP contribution is -2.48. The Hall–Kier alpha value is -1.21. The van der Waals surface area contributed by atoms with Gasteiger partial charge in [-0.15, -0.1) is 0 Å². The Balaban J connectivity index is 1.63. The predicted octanol–water partition coefficient (Wildman–Crippen LogP) is 5.80. The number of aliphatic hydroxyl groups is 1. The molecule has 0 spiro atoms. The second kappa shape index (κ2) is 13.9. The maximum atomic E-state index is 15.1. The number of unbranched alkanes of at least 4 members (excludes halogenated alkanes) is 1. The molecule has 1 saturated heterocycles. The molecule has 0 unspecified atom stereocenters. The first-order chi connectivity index (χ1) is 16.8. The molecule has 35 heavy (non-hydrogen) atoms. The Bertz CT molecular complexity index is 804. The molecule has 3 atom stereocenters. The molecule has 1 aliphatic carbocycles. The van der Waals surface area contributed by atoms with E-state index in [0.29, 0.717) is 51.3 Å². The van der Waals surface area contributed by atoms with Crippen molar-refractivity contribution in [1.29, 1.82) is 0 Å². The molecule has 2 aliphatic rings. The zero-order valence-electron chi connectivity index (χ0n) is 21.3. The van der Waals surface area contributed by atoms with Gasteiger partial charge in [-0.1, -0.05) is 55.8 Å². The van der Waals surface area contributed by atoms with E-state index in [2.05, 4.69) is 0 Å². The van der Waals surface area contributed by atoms with Crippen molar-refractivity contribution >= 4 is 17.5 Å². The number of carbonyl (C=O) groups excluding carboxylic acids is 1. The van der Waals surface area contributed by atoms with Crippen molar-refractivity contribution in [3.05, 3.63) is 34.6 Å². The van der Waals surface area contributed by atoms with Gasteiger partial charge >= 0.3 is 0 Å². The van der Waals surface area contributed by atoms with E-state index in [0.717, 1.165) is 25.7 Å². The SMILES string of the molecule is COCCCC[C@@](O)(c1cccc(Cl)c1F)[C@@H]1CCCN(C(=O)CC[C@@H](N)CC2CCCCC2)C1. The Morgan fingerprint density at radius 2 is 2.03 bits per heavy atom. The first kappa shape index (κ1) is 28.4. The van der Waals surface area contributed by atoms with Crippen molar-refractivity contribution in [2.24, 2.45) is 17.6 Å². The van der Waals surface area contributed by atoms with Crippen LogP contribution in [0.15, 0.2) is 18.2 Å². The summed E-state index contributed by atoms with van der Waals surface area (Å²) in [4.78, 5) is 15.0. The fourth-order valence-electron chi connectivity index (χ4n) is 6.07. The van der Waals surface area contributed by atoms with Crippen molar-refractivity contribution in [3.8, 4) is 0 Å². The fourth-order valence-corrected chi connectivity index (χ4v) is 6.24. The fraction of sp³-hybridized carbons (Fsp3) is 0.750. The minimum Gasteiger partial charge on any atom is -0.385 e. The van der Waals surface area contributed by atoms with Gasteiger partial charge in [-0.3, -0.25) is 4.79 Å². The van der Waals surface area contributed by atoms with E-state index in [1.54, 1.807) is 19.2 Å². The number of halogens is 2. The van der Waals surface area contributed by atoms with Crippen molar-refractivity contribution in [2.45, 2.75) is 95.1 Å². The van der Waals surface area contributed by atoms with Crippen LogP contribution in [0.3, 0.4) is 0 Å². The summed E-state index contributed by atoms with van der Waals surface area (Å²) >= 11 is 6.08. The van der Waals surface area contributed by atoms with Gasteiger partial charge in [-0.05, 0) is 56.9 Å². The summed E-state index contributed by atoms with van der Waals surface area (Å²) in [7, 11) is 1.65. The van der Waals surface area contributed by atoms with E-state index in [9.17, 15) is 9.90 Å². The van der Waals surface area contributed by atoms with Crippen LogP contribution < -0.4 is 5.73 Å². The van der Waals surface area contributed by atoms with E-state index < -0.39 is 11.4 Å². The molecule has 7 heteroatoms. The van der Waals surface area contributed by atoms with E-state index in [4.69, 9.17) is 22.1 Å². The average Bonchev–Trinajstić information content (AvgIpc) is 2.87. The number of methoxy groups -OCH3 is 1. The Labute approximate surface area is 215 Å². The zero-order valence-corrected chi connectivity index (χ0v) is 22.1. The van der Waals surface area contributed by atoms with Crippen LogP contribution in [0.1, 0.15) is 89.0 Å². The van der Waals surface area contributed by atoms with E-state index in [1.165, 1.54) is 38.2 Å². The van der Waals surface area contributed by atoms with Crippen molar-refractivity contribution in [2.75, 3.05) is 26.8 Å². The third kappa shape index (κ3) is 7.88.